The van der Waals surface area contributed by atoms with E-state index in [1.54, 1.807) is 0 Å². The number of hydrogen-bond donors (Lipinski definition) is 2. The summed E-state index contributed by atoms with van der Waals surface area (Å²) in [6.07, 6.45) is 6.87. The molecule has 0 aromatic heterocycles. The lowest BCUT2D eigenvalue weighted by Gasteiger charge is -2.45. The van der Waals surface area contributed by atoms with E-state index in [2.05, 4.69) is 104 Å². The van der Waals surface area contributed by atoms with Gasteiger partial charge in [-0.15, -0.1) is 0 Å². The number of aliphatic hydroxyl groups excluding tert-OH is 2. The average Bonchev–Trinajstić information content (AvgIpc) is 3.07. The highest BCUT2D eigenvalue weighted by molar-refractivity contribution is 5.70. The van der Waals surface area contributed by atoms with E-state index < -0.39 is 0 Å². The smallest absolute Gasteiger partial charge is 0.410 e. The van der Waals surface area contributed by atoms with Gasteiger partial charge in [0.2, 0.25) is 0 Å². The number of carbonyl (C=O) groups excluding carboxylic acids is 2. The first-order valence-corrected chi connectivity index (χ1v) is 19.0. The molecule has 2 aromatic rings. The van der Waals surface area contributed by atoms with Crippen molar-refractivity contribution >= 4 is 12.2 Å². The maximum Gasteiger partial charge on any atom is 0.410 e. The molecule has 2 saturated heterocycles. The number of ether oxygens (including phenoxy) is 2. The van der Waals surface area contributed by atoms with Crippen LogP contribution in [-0.4, -0.2) is 68.7 Å². The Labute approximate surface area is 300 Å². The van der Waals surface area contributed by atoms with Crippen molar-refractivity contribution in [1.82, 2.24) is 9.80 Å². The van der Waals surface area contributed by atoms with Gasteiger partial charge in [-0.05, 0) is 98.3 Å². The molecule has 8 nitrogen and oxygen atoms in total. The molecule has 2 amide bonds. The van der Waals surface area contributed by atoms with Crippen LogP contribution in [0.5, 0.6) is 0 Å². The van der Waals surface area contributed by atoms with Gasteiger partial charge in [0.15, 0.2) is 0 Å². The predicted octanol–water partition coefficient (Wildman–Crippen LogP) is 9.12. The molecule has 8 heteroatoms. The second-order valence-electron chi connectivity index (χ2n) is 17.5. The SMILES string of the molecule is C[C@@H](c1ccc(C(C)(C)C)cc1)N1CCC2(CCC(O)CC2)OC1=O.C[C@@H](c1ccc(C(C)(C)C)cc1)N1CCC2(CCC(O)CC2)OC1=O. The van der Waals surface area contributed by atoms with Crippen molar-refractivity contribution in [1.29, 1.82) is 0 Å². The van der Waals surface area contributed by atoms with Crippen molar-refractivity contribution in [3.63, 3.8) is 0 Å². The standard InChI is InChI=1S/2C21H31NO3/c2*1-15(16-5-7-17(8-6-16)20(2,3)4)22-14-13-21(25-19(22)24)11-9-18(23)10-12-21/h2*5-8,15,18,23H,9-14H2,1-4H3/t2*15-,18?,21?/m00/s1. The first kappa shape index (κ1) is 38.1. The van der Waals surface area contributed by atoms with E-state index in [0.29, 0.717) is 0 Å². The molecule has 2 aromatic carbocycles. The van der Waals surface area contributed by atoms with E-state index in [4.69, 9.17) is 9.47 Å². The topological polar surface area (TPSA) is 99.5 Å². The zero-order valence-electron chi connectivity index (χ0n) is 31.8. The van der Waals surface area contributed by atoms with Gasteiger partial charge >= 0.3 is 12.2 Å². The molecule has 50 heavy (non-hydrogen) atoms. The number of hydrogen-bond acceptors (Lipinski definition) is 6. The highest BCUT2D eigenvalue weighted by Crippen LogP contribution is 2.41. The second-order valence-corrected chi connectivity index (χ2v) is 17.5. The number of rotatable bonds is 4. The molecule has 4 fully saturated rings. The zero-order chi connectivity index (χ0) is 36.5. The Bertz CT molecular complexity index is 1330. The van der Waals surface area contributed by atoms with Crippen LogP contribution in [-0.2, 0) is 20.3 Å². The fourth-order valence-corrected chi connectivity index (χ4v) is 7.97. The largest absolute Gasteiger partial charge is 0.443 e. The van der Waals surface area contributed by atoms with Crippen LogP contribution < -0.4 is 0 Å². The molecule has 4 aliphatic rings. The predicted molar refractivity (Wildman–Crippen MR) is 197 cm³/mol. The number of benzene rings is 2. The maximum atomic E-state index is 12.6. The van der Waals surface area contributed by atoms with Crippen LogP contribution in [0.2, 0.25) is 0 Å². The molecule has 2 aliphatic heterocycles. The Morgan fingerprint density at radius 2 is 0.880 bits per heavy atom. The lowest BCUT2D eigenvalue weighted by molar-refractivity contribution is -0.0911. The summed E-state index contributed by atoms with van der Waals surface area (Å²) >= 11 is 0. The normalized spacial score (nSPS) is 28.8. The van der Waals surface area contributed by atoms with Gasteiger partial charge in [0.25, 0.3) is 0 Å². The van der Waals surface area contributed by atoms with E-state index in [-0.39, 0.29) is 58.5 Å². The monoisotopic (exact) mass is 690 g/mol. The van der Waals surface area contributed by atoms with Gasteiger partial charge in [-0.1, -0.05) is 90.1 Å². The Morgan fingerprint density at radius 1 is 0.580 bits per heavy atom. The van der Waals surface area contributed by atoms with Crippen LogP contribution >= 0.6 is 0 Å². The van der Waals surface area contributed by atoms with E-state index in [9.17, 15) is 19.8 Å². The molecule has 6 rings (SSSR count). The van der Waals surface area contributed by atoms with Crippen molar-refractivity contribution in [3.05, 3.63) is 70.8 Å². The summed E-state index contributed by atoms with van der Waals surface area (Å²) in [4.78, 5) is 28.9. The average molecular weight is 691 g/mol. The minimum absolute atomic E-state index is 0.00745. The summed E-state index contributed by atoms with van der Waals surface area (Å²) in [5.74, 6) is 0. The lowest BCUT2D eigenvalue weighted by atomic mass is 9.80. The van der Waals surface area contributed by atoms with Crippen LogP contribution in [0.15, 0.2) is 48.5 Å². The fourth-order valence-electron chi connectivity index (χ4n) is 7.97. The van der Waals surface area contributed by atoms with Crippen molar-refractivity contribution in [2.45, 2.75) is 166 Å². The Kier molecular flexibility index (Phi) is 11.3. The molecular weight excluding hydrogens is 628 g/mol. The highest BCUT2D eigenvalue weighted by atomic mass is 16.6. The van der Waals surface area contributed by atoms with Crippen molar-refractivity contribution in [2.24, 2.45) is 0 Å². The van der Waals surface area contributed by atoms with Gasteiger partial charge in [0.1, 0.15) is 11.2 Å². The Balaban J connectivity index is 0.000000194. The molecule has 0 radical (unpaired) electrons. The van der Waals surface area contributed by atoms with Crippen molar-refractivity contribution in [3.8, 4) is 0 Å². The quantitative estimate of drug-likeness (QED) is 0.332. The summed E-state index contributed by atoms with van der Waals surface area (Å²) < 4.78 is 11.7. The third-order valence-electron chi connectivity index (χ3n) is 11.9. The molecule has 2 spiro atoms. The summed E-state index contributed by atoms with van der Waals surface area (Å²) in [6.45, 7) is 18.8. The molecule has 2 N–H and O–H groups in total. The Hall–Kier alpha value is -3.10. The van der Waals surface area contributed by atoms with Crippen molar-refractivity contribution in [2.75, 3.05) is 13.1 Å². The van der Waals surface area contributed by atoms with Gasteiger partial charge in [-0.2, -0.15) is 0 Å². The van der Waals surface area contributed by atoms with Gasteiger partial charge in [-0.25, -0.2) is 9.59 Å². The van der Waals surface area contributed by atoms with Gasteiger partial charge in [0.05, 0.1) is 24.3 Å². The minimum Gasteiger partial charge on any atom is -0.443 e. The van der Waals surface area contributed by atoms with Crippen molar-refractivity contribution < 1.29 is 29.3 Å². The number of aliphatic hydroxyl groups is 2. The van der Waals surface area contributed by atoms with Crippen LogP contribution in [0.3, 0.4) is 0 Å². The molecule has 2 atom stereocenters. The molecule has 0 unspecified atom stereocenters. The fraction of sp³-hybridized carbons (Fsp3) is 0.667. The molecule has 0 bridgehead atoms. The molecule has 276 valence electrons. The molecular formula is C42H62N2O6. The molecule has 2 saturated carbocycles. The molecule has 2 aliphatic carbocycles. The third-order valence-corrected chi connectivity index (χ3v) is 11.9. The van der Waals surface area contributed by atoms with Gasteiger partial charge < -0.3 is 29.5 Å². The maximum absolute atomic E-state index is 12.6. The van der Waals surface area contributed by atoms with E-state index in [1.165, 1.54) is 11.1 Å². The van der Waals surface area contributed by atoms with Gasteiger partial charge in [-0.3, -0.25) is 0 Å². The summed E-state index contributed by atoms with van der Waals surface area (Å²) in [6, 6.07) is 17.1. The first-order valence-electron chi connectivity index (χ1n) is 19.0. The highest BCUT2D eigenvalue weighted by Gasteiger charge is 2.45. The van der Waals surface area contributed by atoms with Crippen LogP contribution in [0, 0.1) is 0 Å². The van der Waals surface area contributed by atoms with Crippen LogP contribution in [0.1, 0.15) is 154 Å². The third kappa shape index (κ3) is 8.85. The zero-order valence-corrected chi connectivity index (χ0v) is 31.8. The van der Waals surface area contributed by atoms with E-state index >= 15 is 0 Å². The second kappa shape index (κ2) is 14.9. The summed E-state index contributed by atoms with van der Waals surface area (Å²) in [7, 11) is 0. The first-order chi connectivity index (χ1) is 23.4. The van der Waals surface area contributed by atoms with Crippen LogP contribution in [0.25, 0.3) is 0 Å². The number of carbonyl (C=O) groups is 2. The van der Waals surface area contributed by atoms with E-state index in [0.717, 1.165) is 88.4 Å². The van der Waals surface area contributed by atoms with Crippen LogP contribution in [0.4, 0.5) is 9.59 Å². The minimum atomic E-state index is -0.345. The lowest BCUT2D eigenvalue weighted by Crippen LogP contribution is -2.52. The van der Waals surface area contributed by atoms with E-state index in [1.807, 2.05) is 9.80 Å². The molecule has 2 heterocycles. The van der Waals surface area contributed by atoms with Gasteiger partial charge in [0, 0.05) is 25.9 Å². The number of amides is 2. The summed E-state index contributed by atoms with van der Waals surface area (Å²) in [5.41, 5.74) is 4.44. The summed E-state index contributed by atoms with van der Waals surface area (Å²) in [5, 5.41) is 19.4. The number of nitrogens with zero attached hydrogens (tertiary/aromatic N) is 2. The Morgan fingerprint density at radius 3 is 1.14 bits per heavy atom.